The lowest BCUT2D eigenvalue weighted by atomic mass is 9.82. The van der Waals surface area contributed by atoms with Gasteiger partial charge in [-0.3, -0.25) is 0 Å². The number of rotatable bonds is 2. The Bertz CT molecular complexity index is 718. The first-order valence-electron chi connectivity index (χ1n) is 6.58. The Labute approximate surface area is 153 Å². The second-order valence-electron chi connectivity index (χ2n) is 5.36. The molecule has 2 rings (SSSR count). The number of hydrogen-bond acceptors (Lipinski definition) is 0. The van der Waals surface area contributed by atoms with E-state index in [4.69, 9.17) is 0 Å². The molecule has 0 aromatic heterocycles. The van der Waals surface area contributed by atoms with E-state index in [0.717, 1.165) is 6.07 Å². The van der Waals surface area contributed by atoms with Gasteiger partial charge in [0.05, 0.1) is 4.32 Å². The highest BCUT2D eigenvalue weighted by Crippen LogP contribution is 2.55. The molecular formula is C15H8Br2F8. The summed E-state index contributed by atoms with van der Waals surface area (Å²) in [5.74, 6) is -0.861. The van der Waals surface area contributed by atoms with Crippen molar-refractivity contribution in [1.82, 2.24) is 0 Å². The summed E-state index contributed by atoms with van der Waals surface area (Å²) in [4.78, 5) is 0. The minimum atomic E-state index is -6.25. The zero-order chi connectivity index (χ0) is 19.3. The Morgan fingerprint density at radius 3 is 1.92 bits per heavy atom. The minimum Gasteiger partial charge on any atom is -0.218 e. The van der Waals surface area contributed by atoms with Gasteiger partial charge in [0.15, 0.2) is 0 Å². The van der Waals surface area contributed by atoms with Crippen LogP contribution in [-0.4, -0.2) is 18.0 Å². The quantitative estimate of drug-likeness (QED) is 0.308. The Balaban J connectivity index is 2.71. The van der Waals surface area contributed by atoms with Crippen molar-refractivity contribution >= 4 is 31.9 Å². The molecular weight excluding hydrogens is 492 g/mol. The Kier molecular flexibility index (Phi) is 5.20. The topological polar surface area (TPSA) is 0 Å². The number of hydrogen-bond donors (Lipinski definition) is 0. The minimum absolute atomic E-state index is 0.152. The molecule has 1 atom stereocenters. The van der Waals surface area contributed by atoms with Crippen molar-refractivity contribution < 1.29 is 35.1 Å². The first-order valence-corrected chi connectivity index (χ1v) is 8.16. The molecule has 1 aromatic carbocycles. The van der Waals surface area contributed by atoms with Crippen LogP contribution in [0.1, 0.15) is 12.0 Å². The maximum Gasteiger partial charge on any atom is 0.435 e. The zero-order valence-corrected chi connectivity index (χ0v) is 15.1. The highest BCUT2D eigenvalue weighted by atomic mass is 79.9. The number of halogens is 10. The monoisotopic (exact) mass is 498 g/mol. The van der Waals surface area contributed by atoms with Crippen LogP contribution in [0.2, 0.25) is 0 Å². The molecule has 0 aliphatic heterocycles. The van der Waals surface area contributed by atoms with Crippen molar-refractivity contribution in [3.63, 3.8) is 0 Å². The highest BCUT2D eigenvalue weighted by molar-refractivity contribution is 9.12. The summed E-state index contributed by atoms with van der Waals surface area (Å²) < 4.78 is 104. The lowest BCUT2D eigenvalue weighted by molar-refractivity contribution is -0.325. The molecule has 10 heteroatoms. The molecule has 1 aliphatic carbocycles. The summed E-state index contributed by atoms with van der Waals surface area (Å²) in [7, 11) is 0. The van der Waals surface area contributed by atoms with E-state index in [1.165, 1.54) is 18.2 Å². The van der Waals surface area contributed by atoms with Crippen LogP contribution in [-0.2, 0) is 4.32 Å². The van der Waals surface area contributed by atoms with Crippen LogP contribution in [0, 0.1) is 5.82 Å². The van der Waals surface area contributed by atoms with Gasteiger partial charge in [0.25, 0.3) is 0 Å². The Morgan fingerprint density at radius 2 is 1.44 bits per heavy atom. The van der Waals surface area contributed by atoms with Crippen molar-refractivity contribution in [3.8, 4) is 0 Å². The van der Waals surface area contributed by atoms with Gasteiger partial charge in [0, 0.05) is 17.6 Å². The van der Waals surface area contributed by atoms with Gasteiger partial charge < -0.3 is 0 Å². The lowest BCUT2D eigenvalue weighted by Crippen LogP contribution is -2.55. The van der Waals surface area contributed by atoms with Crippen LogP contribution in [0.3, 0.4) is 0 Å². The molecule has 1 aromatic rings. The van der Waals surface area contributed by atoms with E-state index in [1.54, 1.807) is 0 Å². The first-order chi connectivity index (χ1) is 11.2. The van der Waals surface area contributed by atoms with E-state index in [2.05, 4.69) is 31.9 Å². The highest BCUT2D eigenvalue weighted by Gasteiger charge is 2.74. The molecule has 0 radical (unpaired) electrons. The van der Waals surface area contributed by atoms with Crippen molar-refractivity contribution in [2.75, 3.05) is 0 Å². The maximum atomic E-state index is 14.3. The maximum absolute atomic E-state index is 14.3. The normalized spacial score (nSPS) is 22.5. The molecule has 1 aliphatic rings. The fourth-order valence-corrected chi connectivity index (χ4v) is 4.40. The Morgan fingerprint density at radius 1 is 0.920 bits per heavy atom. The van der Waals surface area contributed by atoms with E-state index in [1.807, 2.05) is 0 Å². The lowest BCUT2D eigenvalue weighted by Gasteiger charge is -2.36. The van der Waals surface area contributed by atoms with Crippen molar-refractivity contribution in [3.05, 3.63) is 57.9 Å². The van der Waals surface area contributed by atoms with E-state index < -0.39 is 33.7 Å². The summed E-state index contributed by atoms with van der Waals surface area (Å²) in [6.45, 7) is 0. The second-order valence-corrected chi connectivity index (χ2v) is 7.80. The number of allylic oxidation sites excluding steroid dienone is 4. The van der Waals surface area contributed by atoms with Crippen LogP contribution >= 0.6 is 31.9 Å². The van der Waals surface area contributed by atoms with Crippen molar-refractivity contribution in [1.29, 1.82) is 0 Å². The molecule has 0 fully saturated rings. The largest absolute Gasteiger partial charge is 0.435 e. The third kappa shape index (κ3) is 3.51. The van der Waals surface area contributed by atoms with E-state index in [9.17, 15) is 35.1 Å². The van der Waals surface area contributed by atoms with Gasteiger partial charge in [-0.05, 0) is 16.6 Å². The average molecular weight is 500 g/mol. The second kappa shape index (κ2) is 6.37. The van der Waals surface area contributed by atoms with Crippen molar-refractivity contribution in [2.45, 2.75) is 28.8 Å². The van der Waals surface area contributed by atoms with Gasteiger partial charge in [-0.15, -0.1) is 0 Å². The van der Waals surface area contributed by atoms with Crippen molar-refractivity contribution in [2.24, 2.45) is 0 Å². The van der Waals surface area contributed by atoms with Gasteiger partial charge >= 0.3 is 18.0 Å². The van der Waals surface area contributed by atoms with Gasteiger partial charge in [0.1, 0.15) is 5.82 Å². The fourth-order valence-electron chi connectivity index (χ4n) is 2.46. The van der Waals surface area contributed by atoms with Crippen LogP contribution in [0.15, 0.2) is 46.5 Å². The van der Waals surface area contributed by atoms with Gasteiger partial charge in [-0.1, -0.05) is 56.1 Å². The molecule has 25 heavy (non-hydrogen) atoms. The first kappa shape index (κ1) is 20.4. The van der Waals surface area contributed by atoms with E-state index in [-0.39, 0.29) is 16.5 Å². The summed E-state index contributed by atoms with van der Waals surface area (Å²) in [6, 6.07) is 4.84. The fraction of sp³-hybridized carbons (Fsp3) is 0.333. The van der Waals surface area contributed by atoms with Gasteiger partial charge in [-0.25, -0.2) is 8.78 Å². The van der Waals surface area contributed by atoms with Gasteiger partial charge in [0.2, 0.25) is 0 Å². The number of benzene rings is 1. The molecule has 1 unspecified atom stereocenters. The molecule has 0 saturated heterocycles. The standard InChI is InChI=1S/C15H8Br2F8/c16-9-5-8(13(19,14(20,21)22)15(23,24)25)6-12(17,7-9)10-3-1-2-4-11(10)18/h1-6H,7H2. The molecule has 0 amide bonds. The predicted octanol–water partition coefficient (Wildman–Crippen LogP) is 6.86. The predicted molar refractivity (Wildman–Crippen MR) is 82.7 cm³/mol. The summed E-state index contributed by atoms with van der Waals surface area (Å²) in [5, 5.41) is 0. The van der Waals surface area contributed by atoms with Crippen LogP contribution in [0.4, 0.5) is 35.1 Å². The smallest absolute Gasteiger partial charge is 0.218 e. The third-order valence-electron chi connectivity index (χ3n) is 3.62. The Hall–Kier alpha value is -0.900. The summed E-state index contributed by atoms with van der Waals surface area (Å²) >= 11 is 5.79. The molecule has 0 spiro atoms. The molecule has 0 nitrogen and oxygen atoms in total. The van der Waals surface area contributed by atoms with E-state index >= 15 is 0 Å². The van der Waals surface area contributed by atoms with Gasteiger partial charge in [-0.2, -0.15) is 26.3 Å². The molecule has 138 valence electrons. The summed E-state index contributed by atoms with van der Waals surface area (Å²) in [6.07, 6.45) is -11.9. The third-order valence-corrected chi connectivity index (χ3v) is 5.07. The SMILES string of the molecule is Fc1ccccc1C1(Br)C=C(C(F)(C(F)(F)F)C(F)(F)F)C=C(Br)C1. The van der Waals surface area contributed by atoms with E-state index in [0.29, 0.717) is 12.2 Å². The number of alkyl halides is 8. The van der Waals surface area contributed by atoms with Crippen LogP contribution in [0.5, 0.6) is 0 Å². The average Bonchev–Trinajstić information content (AvgIpc) is 2.43. The molecule has 0 saturated carbocycles. The molecule has 0 bridgehead atoms. The molecule has 0 N–H and O–H groups in total. The molecule has 0 heterocycles. The van der Waals surface area contributed by atoms with Crippen LogP contribution < -0.4 is 0 Å². The summed E-state index contributed by atoms with van der Waals surface area (Å²) in [5.41, 5.74) is -7.49. The van der Waals surface area contributed by atoms with Crippen LogP contribution in [0.25, 0.3) is 0 Å². The zero-order valence-electron chi connectivity index (χ0n) is 12.0.